The molecule has 0 aliphatic rings. The first kappa shape index (κ1) is 18.0. The molecule has 0 saturated heterocycles. The van der Waals surface area contributed by atoms with Crippen LogP contribution in [0.15, 0.2) is 66.0 Å². The number of amides is 1. The van der Waals surface area contributed by atoms with Gasteiger partial charge in [-0.2, -0.15) is 0 Å². The van der Waals surface area contributed by atoms with Gasteiger partial charge in [-0.3, -0.25) is 4.79 Å². The van der Waals surface area contributed by atoms with Crippen LogP contribution in [-0.2, 0) is 6.42 Å². The number of nitrogens with zero attached hydrogens (tertiary/aromatic N) is 1. The molecule has 5 nitrogen and oxygen atoms in total. The van der Waals surface area contributed by atoms with Crippen LogP contribution in [0.2, 0.25) is 0 Å². The highest BCUT2D eigenvalue weighted by Gasteiger charge is 2.13. The second-order valence-electron chi connectivity index (χ2n) is 6.28. The van der Waals surface area contributed by atoms with Gasteiger partial charge in [0.25, 0.3) is 5.91 Å². The van der Waals surface area contributed by atoms with E-state index in [-0.39, 0.29) is 11.7 Å². The van der Waals surface area contributed by atoms with Crippen LogP contribution in [0.5, 0.6) is 11.5 Å². The normalized spacial score (nSPS) is 10.8. The highest BCUT2D eigenvalue weighted by Crippen LogP contribution is 2.30. The second kappa shape index (κ2) is 7.70. The van der Waals surface area contributed by atoms with Crippen molar-refractivity contribution in [1.29, 1.82) is 0 Å². The van der Waals surface area contributed by atoms with Gasteiger partial charge in [-0.15, -0.1) is 11.3 Å². The number of rotatable bonds is 5. The zero-order chi connectivity index (χ0) is 19.5. The SMILES string of the molecule is COc1ccc(Cc2nc(C(=O)Nc3cccc4c(O)cccc34)cs2)cc1. The number of nitrogens with one attached hydrogen (secondary N) is 1. The third-order valence-electron chi connectivity index (χ3n) is 4.45. The van der Waals surface area contributed by atoms with Gasteiger partial charge in [0.1, 0.15) is 17.2 Å². The number of thiazole rings is 1. The molecule has 0 saturated carbocycles. The fourth-order valence-corrected chi connectivity index (χ4v) is 3.81. The average Bonchev–Trinajstić information content (AvgIpc) is 3.18. The van der Waals surface area contributed by atoms with Gasteiger partial charge in [-0.1, -0.05) is 36.4 Å². The van der Waals surface area contributed by atoms with Crippen LogP contribution in [0.4, 0.5) is 5.69 Å². The largest absolute Gasteiger partial charge is 0.507 e. The van der Waals surface area contributed by atoms with Gasteiger partial charge < -0.3 is 15.2 Å². The standard InChI is InChI=1S/C22H18N2O3S/c1-27-15-10-8-14(9-11-15)12-21-23-19(13-28-21)22(26)24-18-6-2-5-17-16(18)4-3-7-20(17)25/h2-11,13,25H,12H2,1H3,(H,24,26). The summed E-state index contributed by atoms with van der Waals surface area (Å²) in [6, 6.07) is 18.5. The number of benzene rings is 3. The minimum atomic E-state index is -0.270. The van der Waals surface area contributed by atoms with Crippen LogP contribution in [0.3, 0.4) is 0 Å². The molecule has 0 aliphatic heterocycles. The number of phenols is 1. The summed E-state index contributed by atoms with van der Waals surface area (Å²) < 4.78 is 5.17. The number of methoxy groups -OCH3 is 1. The van der Waals surface area contributed by atoms with Crippen LogP contribution in [0, 0.1) is 0 Å². The Morgan fingerprint density at radius 1 is 1.07 bits per heavy atom. The van der Waals surface area contributed by atoms with Gasteiger partial charge in [0.2, 0.25) is 0 Å². The molecule has 6 heteroatoms. The third kappa shape index (κ3) is 3.68. The van der Waals surface area contributed by atoms with E-state index in [9.17, 15) is 9.90 Å². The number of phenolic OH excluding ortho intramolecular Hbond substituents is 1. The molecular weight excluding hydrogens is 372 g/mol. The maximum Gasteiger partial charge on any atom is 0.275 e. The highest BCUT2D eigenvalue weighted by atomic mass is 32.1. The smallest absolute Gasteiger partial charge is 0.275 e. The van der Waals surface area contributed by atoms with E-state index in [2.05, 4.69) is 10.3 Å². The number of carbonyl (C=O) groups is 1. The number of hydrogen-bond donors (Lipinski definition) is 2. The van der Waals surface area contributed by atoms with Crippen molar-refractivity contribution in [2.45, 2.75) is 6.42 Å². The highest BCUT2D eigenvalue weighted by molar-refractivity contribution is 7.09. The number of fused-ring (bicyclic) bond motifs is 1. The van der Waals surface area contributed by atoms with E-state index < -0.39 is 0 Å². The minimum Gasteiger partial charge on any atom is -0.507 e. The maximum absolute atomic E-state index is 12.6. The molecule has 2 N–H and O–H groups in total. The van der Waals surface area contributed by atoms with Crippen LogP contribution >= 0.6 is 11.3 Å². The summed E-state index contributed by atoms with van der Waals surface area (Å²) in [5.41, 5.74) is 2.13. The zero-order valence-electron chi connectivity index (χ0n) is 15.2. The first-order valence-electron chi connectivity index (χ1n) is 8.73. The Hall–Kier alpha value is -3.38. The van der Waals surface area contributed by atoms with Crippen molar-refractivity contribution in [2.24, 2.45) is 0 Å². The summed E-state index contributed by atoms with van der Waals surface area (Å²) >= 11 is 1.46. The molecule has 0 spiro atoms. The van der Waals surface area contributed by atoms with Crippen LogP contribution in [-0.4, -0.2) is 23.1 Å². The molecule has 1 heterocycles. The topological polar surface area (TPSA) is 71.5 Å². The van der Waals surface area contributed by atoms with Crippen molar-refractivity contribution in [1.82, 2.24) is 4.98 Å². The Kier molecular flexibility index (Phi) is 4.95. The lowest BCUT2D eigenvalue weighted by molar-refractivity contribution is 0.102. The van der Waals surface area contributed by atoms with Gasteiger partial charge in [0.15, 0.2) is 0 Å². The van der Waals surface area contributed by atoms with Crippen molar-refractivity contribution in [3.8, 4) is 11.5 Å². The van der Waals surface area contributed by atoms with Crippen LogP contribution in [0.25, 0.3) is 10.8 Å². The molecule has 140 valence electrons. The van der Waals surface area contributed by atoms with E-state index in [1.54, 1.807) is 30.7 Å². The van der Waals surface area contributed by atoms with Crippen LogP contribution < -0.4 is 10.1 Å². The summed E-state index contributed by atoms with van der Waals surface area (Å²) in [5, 5.41) is 17.0. The summed E-state index contributed by atoms with van der Waals surface area (Å²) in [6.07, 6.45) is 0.657. The Bertz CT molecular complexity index is 1140. The summed E-state index contributed by atoms with van der Waals surface area (Å²) in [4.78, 5) is 17.1. The van der Waals surface area contributed by atoms with Gasteiger partial charge in [-0.05, 0) is 29.8 Å². The second-order valence-corrected chi connectivity index (χ2v) is 7.23. The Morgan fingerprint density at radius 2 is 1.82 bits per heavy atom. The molecule has 28 heavy (non-hydrogen) atoms. The third-order valence-corrected chi connectivity index (χ3v) is 5.29. The summed E-state index contributed by atoms with van der Waals surface area (Å²) in [6.45, 7) is 0. The monoisotopic (exact) mass is 390 g/mol. The molecule has 0 bridgehead atoms. The van der Waals surface area contributed by atoms with E-state index in [1.807, 2.05) is 42.5 Å². The number of aromatic nitrogens is 1. The minimum absolute atomic E-state index is 0.184. The number of anilines is 1. The van der Waals surface area contributed by atoms with E-state index in [4.69, 9.17) is 4.74 Å². The number of carbonyl (C=O) groups excluding carboxylic acids is 1. The molecule has 3 aromatic carbocycles. The zero-order valence-corrected chi connectivity index (χ0v) is 16.0. The summed E-state index contributed by atoms with van der Waals surface area (Å²) in [5.74, 6) is 0.723. The van der Waals surface area contributed by atoms with Crippen LogP contribution in [0.1, 0.15) is 21.1 Å². The predicted octanol–water partition coefficient (Wildman–Crippen LogP) is 4.85. The first-order valence-corrected chi connectivity index (χ1v) is 9.61. The van der Waals surface area contributed by atoms with Gasteiger partial charge in [0.05, 0.1) is 12.1 Å². The molecule has 1 amide bonds. The number of hydrogen-bond acceptors (Lipinski definition) is 5. The van der Waals surface area contributed by atoms with Gasteiger partial charge in [-0.25, -0.2) is 4.98 Å². The lowest BCUT2D eigenvalue weighted by Gasteiger charge is -2.08. The van der Waals surface area contributed by atoms with Gasteiger partial charge >= 0.3 is 0 Å². The molecule has 0 fully saturated rings. The predicted molar refractivity (Wildman–Crippen MR) is 111 cm³/mol. The van der Waals surface area contributed by atoms with Crippen molar-refractivity contribution in [3.63, 3.8) is 0 Å². The van der Waals surface area contributed by atoms with E-state index in [1.165, 1.54) is 11.3 Å². The fraction of sp³-hybridized carbons (Fsp3) is 0.0909. The fourth-order valence-electron chi connectivity index (χ4n) is 3.00. The maximum atomic E-state index is 12.6. The molecular formula is C22H18N2O3S. The summed E-state index contributed by atoms with van der Waals surface area (Å²) in [7, 11) is 1.64. The van der Waals surface area contributed by atoms with E-state index in [0.29, 0.717) is 23.2 Å². The van der Waals surface area contributed by atoms with Crippen molar-refractivity contribution >= 4 is 33.7 Å². The molecule has 1 aromatic heterocycles. The molecule has 4 aromatic rings. The number of aromatic hydroxyl groups is 1. The molecule has 0 unspecified atom stereocenters. The molecule has 0 atom stereocenters. The number of ether oxygens (including phenoxy) is 1. The van der Waals surface area contributed by atoms with Crippen molar-refractivity contribution in [2.75, 3.05) is 12.4 Å². The van der Waals surface area contributed by atoms with E-state index in [0.717, 1.165) is 21.7 Å². The molecule has 0 radical (unpaired) electrons. The van der Waals surface area contributed by atoms with Crippen molar-refractivity contribution < 1.29 is 14.6 Å². The quantitative estimate of drug-likeness (QED) is 0.511. The first-order chi connectivity index (χ1) is 13.6. The lowest BCUT2D eigenvalue weighted by Crippen LogP contribution is -2.12. The lowest BCUT2D eigenvalue weighted by atomic mass is 10.1. The van der Waals surface area contributed by atoms with E-state index >= 15 is 0 Å². The Labute approximate surface area is 166 Å². The Balaban J connectivity index is 1.51. The van der Waals surface area contributed by atoms with Gasteiger partial charge in [0, 0.05) is 28.3 Å². The molecule has 0 aliphatic carbocycles. The van der Waals surface area contributed by atoms with Crippen molar-refractivity contribution in [3.05, 3.63) is 82.3 Å². The Morgan fingerprint density at radius 3 is 2.61 bits per heavy atom. The average molecular weight is 390 g/mol. The molecule has 4 rings (SSSR count).